The molecule has 2 aliphatic heterocycles. The lowest BCUT2D eigenvalue weighted by molar-refractivity contribution is 0.102. The molecule has 1 saturated heterocycles. The standard InChI is InChI=1S/C33H44N6O2/c1-23-12-13-24(18-30(23)39(35)22-28(34)25-11-7-8-14-36-20-25)32(40)37-29-19-27(33(2,3)4)17-26(31(29)41-5)21-38-15-9-6-10-16-38/h7,11-14,17-20,22H,6,8-10,15-16,21,34-35H2,1-5H3,(H,37,40)/b28-22-. The molecule has 0 radical (unpaired) electrons. The third kappa shape index (κ3) is 7.65. The van der Waals surface area contributed by atoms with Crippen molar-refractivity contribution < 1.29 is 9.53 Å². The van der Waals surface area contributed by atoms with E-state index in [0.29, 0.717) is 28.4 Å². The van der Waals surface area contributed by atoms with Crippen molar-refractivity contribution in [1.29, 1.82) is 0 Å². The van der Waals surface area contributed by atoms with Crippen LogP contribution in [0.15, 0.2) is 71.1 Å². The number of methoxy groups -OCH3 is 1. The number of aryl methyl sites for hydroxylation is 1. The average Bonchev–Trinajstić information content (AvgIpc) is 3.23. The topological polar surface area (TPSA) is 109 Å². The Morgan fingerprint density at radius 3 is 2.63 bits per heavy atom. The van der Waals surface area contributed by atoms with Crippen molar-refractivity contribution in [3.63, 3.8) is 0 Å². The molecule has 4 rings (SSSR count). The molecule has 0 saturated carbocycles. The molecular formula is C33H44N6O2. The molecular weight excluding hydrogens is 512 g/mol. The smallest absolute Gasteiger partial charge is 0.255 e. The predicted molar refractivity (Wildman–Crippen MR) is 169 cm³/mol. The van der Waals surface area contributed by atoms with Crippen LogP contribution in [0.2, 0.25) is 0 Å². The highest BCUT2D eigenvalue weighted by Gasteiger charge is 2.23. The van der Waals surface area contributed by atoms with Crippen LogP contribution in [0.4, 0.5) is 11.4 Å². The summed E-state index contributed by atoms with van der Waals surface area (Å²) in [5, 5.41) is 4.58. The summed E-state index contributed by atoms with van der Waals surface area (Å²) in [5.41, 5.74) is 12.4. The monoisotopic (exact) mass is 556 g/mol. The number of carbonyl (C=O) groups excluding carboxylic acids is 1. The summed E-state index contributed by atoms with van der Waals surface area (Å²) in [4.78, 5) is 20.3. The SMILES string of the molecule is COc1c(CN2CCCCC2)cc(C(C)(C)C)cc1NC(=O)c1ccc(C)c(N(N)/C=C(\N)C2=CN=CCC=C2)c1. The summed E-state index contributed by atoms with van der Waals surface area (Å²) in [7, 11) is 1.67. The van der Waals surface area contributed by atoms with Crippen molar-refractivity contribution in [2.24, 2.45) is 16.6 Å². The number of nitrogens with two attached hydrogens (primary N) is 2. The fraction of sp³-hybridized carbons (Fsp3) is 0.394. The van der Waals surface area contributed by atoms with Gasteiger partial charge >= 0.3 is 0 Å². The number of allylic oxidation sites excluding steroid dienone is 2. The van der Waals surface area contributed by atoms with Crippen molar-refractivity contribution in [1.82, 2.24) is 4.90 Å². The first kappa shape index (κ1) is 30.1. The Labute approximate surface area is 244 Å². The molecule has 2 heterocycles. The first-order chi connectivity index (χ1) is 19.6. The Bertz CT molecular complexity index is 1380. The molecule has 8 nitrogen and oxygen atoms in total. The normalized spacial score (nSPS) is 16.2. The number of benzene rings is 2. The van der Waals surface area contributed by atoms with E-state index in [2.05, 4.69) is 42.0 Å². The van der Waals surface area contributed by atoms with Gasteiger partial charge in [0.15, 0.2) is 0 Å². The molecule has 0 bridgehead atoms. The van der Waals surface area contributed by atoms with Gasteiger partial charge in [-0.05, 0) is 67.6 Å². The van der Waals surface area contributed by atoms with Crippen molar-refractivity contribution in [3.8, 4) is 5.75 Å². The Kier molecular flexibility index (Phi) is 9.68. The molecule has 0 spiro atoms. The maximum atomic E-state index is 13.6. The Balaban J connectivity index is 1.63. The van der Waals surface area contributed by atoms with Crippen LogP contribution in [-0.2, 0) is 12.0 Å². The molecule has 218 valence electrons. The number of ether oxygens (including phenoxy) is 1. The molecule has 41 heavy (non-hydrogen) atoms. The highest BCUT2D eigenvalue weighted by Crippen LogP contribution is 2.37. The van der Waals surface area contributed by atoms with E-state index in [0.717, 1.165) is 48.3 Å². The number of anilines is 2. The summed E-state index contributed by atoms with van der Waals surface area (Å²) in [6.45, 7) is 11.4. The maximum absolute atomic E-state index is 13.6. The molecule has 0 atom stereocenters. The van der Waals surface area contributed by atoms with Crippen LogP contribution in [-0.4, -0.2) is 37.2 Å². The second kappa shape index (κ2) is 13.2. The number of rotatable bonds is 8. The van der Waals surface area contributed by atoms with E-state index in [-0.39, 0.29) is 11.3 Å². The average molecular weight is 557 g/mol. The van der Waals surface area contributed by atoms with Crippen LogP contribution in [0, 0.1) is 6.92 Å². The van der Waals surface area contributed by atoms with Crippen molar-refractivity contribution >= 4 is 23.5 Å². The molecule has 5 N–H and O–H groups in total. The number of carbonyl (C=O) groups is 1. The summed E-state index contributed by atoms with van der Waals surface area (Å²) >= 11 is 0. The lowest BCUT2D eigenvalue weighted by Gasteiger charge is -2.29. The van der Waals surface area contributed by atoms with Gasteiger partial charge in [-0.2, -0.15) is 0 Å². The minimum Gasteiger partial charge on any atom is -0.494 e. The number of likely N-dealkylation sites (tertiary alicyclic amines) is 1. The Hall–Kier alpha value is -3.88. The van der Waals surface area contributed by atoms with Crippen LogP contribution in [0.5, 0.6) is 5.75 Å². The zero-order valence-electron chi connectivity index (χ0n) is 25.0. The quantitative estimate of drug-likeness (QED) is 0.275. The highest BCUT2D eigenvalue weighted by molar-refractivity contribution is 6.06. The van der Waals surface area contributed by atoms with Crippen LogP contribution in [0.25, 0.3) is 0 Å². The summed E-state index contributed by atoms with van der Waals surface area (Å²) < 4.78 is 5.90. The second-order valence-corrected chi connectivity index (χ2v) is 11.8. The highest BCUT2D eigenvalue weighted by atomic mass is 16.5. The lowest BCUT2D eigenvalue weighted by Crippen LogP contribution is -2.29. The third-order valence-corrected chi connectivity index (χ3v) is 7.55. The van der Waals surface area contributed by atoms with Gasteiger partial charge in [0.2, 0.25) is 0 Å². The van der Waals surface area contributed by atoms with Gasteiger partial charge in [0, 0.05) is 48.3 Å². The number of nitrogens with one attached hydrogen (secondary N) is 1. The van der Waals surface area contributed by atoms with Gasteiger partial charge in [-0.1, -0.05) is 51.5 Å². The number of amides is 1. The zero-order chi connectivity index (χ0) is 29.6. The van der Waals surface area contributed by atoms with Gasteiger partial charge in [-0.25, -0.2) is 5.84 Å². The van der Waals surface area contributed by atoms with E-state index in [4.69, 9.17) is 16.3 Å². The molecule has 0 unspecified atom stereocenters. The number of hydrazine groups is 1. The van der Waals surface area contributed by atoms with Gasteiger partial charge in [0.1, 0.15) is 5.75 Å². The van der Waals surface area contributed by atoms with E-state index in [9.17, 15) is 4.79 Å². The van der Waals surface area contributed by atoms with Crippen LogP contribution in [0.1, 0.15) is 73.5 Å². The van der Waals surface area contributed by atoms with Crippen LogP contribution < -0.4 is 26.6 Å². The molecule has 1 amide bonds. The fourth-order valence-electron chi connectivity index (χ4n) is 5.11. The largest absolute Gasteiger partial charge is 0.494 e. The first-order valence-electron chi connectivity index (χ1n) is 14.3. The summed E-state index contributed by atoms with van der Waals surface area (Å²) in [5.74, 6) is 6.88. The van der Waals surface area contributed by atoms with E-state index >= 15 is 0 Å². The number of hydrogen-bond acceptors (Lipinski definition) is 7. The number of piperidine rings is 1. The van der Waals surface area contributed by atoms with Gasteiger partial charge in [0.25, 0.3) is 5.91 Å². The third-order valence-electron chi connectivity index (χ3n) is 7.55. The minimum absolute atomic E-state index is 0.0982. The number of nitrogens with zero attached hydrogens (tertiary/aromatic N) is 3. The Morgan fingerprint density at radius 2 is 1.93 bits per heavy atom. The molecule has 0 aromatic heterocycles. The second-order valence-electron chi connectivity index (χ2n) is 11.8. The molecule has 2 aromatic rings. The Morgan fingerprint density at radius 1 is 1.17 bits per heavy atom. The van der Waals surface area contributed by atoms with E-state index in [1.54, 1.807) is 31.6 Å². The van der Waals surface area contributed by atoms with E-state index < -0.39 is 0 Å². The first-order valence-corrected chi connectivity index (χ1v) is 14.3. The molecule has 1 fully saturated rings. The lowest BCUT2D eigenvalue weighted by atomic mass is 9.85. The van der Waals surface area contributed by atoms with E-state index in [1.165, 1.54) is 24.3 Å². The van der Waals surface area contributed by atoms with Crippen LogP contribution >= 0.6 is 0 Å². The van der Waals surface area contributed by atoms with Gasteiger partial charge in [0.05, 0.1) is 24.2 Å². The molecule has 8 heteroatoms. The number of aliphatic imine (C=N–C) groups is 1. The van der Waals surface area contributed by atoms with Crippen molar-refractivity contribution in [2.75, 3.05) is 30.5 Å². The minimum atomic E-state index is -0.242. The van der Waals surface area contributed by atoms with Gasteiger partial charge < -0.3 is 15.8 Å². The van der Waals surface area contributed by atoms with Gasteiger partial charge in [-0.3, -0.25) is 19.7 Å². The zero-order valence-corrected chi connectivity index (χ0v) is 25.0. The number of hydrogen-bond donors (Lipinski definition) is 3. The van der Waals surface area contributed by atoms with Crippen molar-refractivity contribution in [2.45, 2.75) is 65.3 Å². The molecule has 2 aromatic carbocycles. The van der Waals surface area contributed by atoms with Crippen LogP contribution in [0.3, 0.4) is 0 Å². The van der Waals surface area contributed by atoms with Crippen molar-refractivity contribution in [3.05, 3.63) is 88.4 Å². The molecule has 2 aliphatic rings. The predicted octanol–water partition coefficient (Wildman–Crippen LogP) is 5.93. The summed E-state index contributed by atoms with van der Waals surface area (Å²) in [6, 6.07) is 9.71. The molecule has 0 aliphatic carbocycles. The van der Waals surface area contributed by atoms with E-state index in [1.807, 2.05) is 37.4 Å². The fourth-order valence-corrected chi connectivity index (χ4v) is 5.11. The maximum Gasteiger partial charge on any atom is 0.255 e. The van der Waals surface area contributed by atoms with Gasteiger partial charge in [-0.15, -0.1) is 0 Å². The summed E-state index contributed by atoms with van der Waals surface area (Å²) in [6.07, 6.45) is 13.5.